The van der Waals surface area contributed by atoms with Gasteiger partial charge in [-0.25, -0.2) is 4.68 Å². The molecule has 0 aliphatic carbocycles. The quantitative estimate of drug-likeness (QED) is 0.359. The number of carbonyl (C=O) groups excluding carboxylic acids is 2. The summed E-state index contributed by atoms with van der Waals surface area (Å²) < 4.78 is 6.14. The summed E-state index contributed by atoms with van der Waals surface area (Å²) in [7, 11) is 1.27. The van der Waals surface area contributed by atoms with Gasteiger partial charge in [-0.1, -0.05) is 61.7 Å². The Morgan fingerprint density at radius 1 is 1.06 bits per heavy atom. The van der Waals surface area contributed by atoms with E-state index in [0.717, 1.165) is 24.8 Å². The molecular weight excluding hydrogens is 430 g/mol. The van der Waals surface area contributed by atoms with Crippen LogP contribution in [0, 0.1) is 0 Å². The summed E-state index contributed by atoms with van der Waals surface area (Å²) in [6.07, 6.45) is 2.74. The van der Waals surface area contributed by atoms with Crippen LogP contribution in [-0.4, -0.2) is 40.2 Å². The standard InChI is InChI=1S/C24H26ClN3O4/c1-3-4-7-14-28-23(30)20-9-6-5-8-19(20)22(26-28)24(31)27(16-21(29)32-2)15-17-10-12-18(25)13-11-17/h5-6,8-13H,3-4,7,14-16H2,1-2H3. The second-order valence-corrected chi connectivity index (χ2v) is 7.93. The molecule has 0 aliphatic heterocycles. The minimum absolute atomic E-state index is 0.134. The summed E-state index contributed by atoms with van der Waals surface area (Å²) >= 11 is 5.97. The van der Waals surface area contributed by atoms with Crippen molar-refractivity contribution in [3.8, 4) is 0 Å². The molecule has 0 unspecified atom stereocenters. The monoisotopic (exact) mass is 455 g/mol. The van der Waals surface area contributed by atoms with E-state index in [1.165, 1.54) is 16.7 Å². The highest BCUT2D eigenvalue weighted by atomic mass is 35.5. The van der Waals surface area contributed by atoms with E-state index in [2.05, 4.69) is 12.0 Å². The number of aryl methyl sites for hydroxylation is 1. The van der Waals surface area contributed by atoms with Gasteiger partial charge in [0.05, 0.1) is 12.5 Å². The predicted octanol–water partition coefficient (Wildman–Crippen LogP) is 4.06. The Morgan fingerprint density at radius 3 is 2.41 bits per heavy atom. The maximum absolute atomic E-state index is 13.6. The molecule has 7 nitrogen and oxygen atoms in total. The van der Waals surface area contributed by atoms with Gasteiger partial charge in [0, 0.05) is 23.5 Å². The summed E-state index contributed by atoms with van der Waals surface area (Å²) in [5, 5.41) is 5.88. The molecule has 168 valence electrons. The molecule has 0 radical (unpaired) electrons. The molecule has 1 aromatic heterocycles. The number of ether oxygens (including phenoxy) is 1. The molecule has 3 rings (SSSR count). The molecule has 0 saturated heterocycles. The highest BCUT2D eigenvalue weighted by molar-refractivity contribution is 6.30. The Kier molecular flexibility index (Phi) is 8.00. The molecule has 0 atom stereocenters. The van der Waals surface area contributed by atoms with E-state index >= 15 is 0 Å². The lowest BCUT2D eigenvalue weighted by Gasteiger charge is -2.22. The van der Waals surface area contributed by atoms with Crippen LogP contribution >= 0.6 is 11.6 Å². The molecule has 1 amide bonds. The lowest BCUT2D eigenvalue weighted by Crippen LogP contribution is -2.38. The van der Waals surface area contributed by atoms with Crippen molar-refractivity contribution < 1.29 is 14.3 Å². The Morgan fingerprint density at radius 2 is 1.75 bits per heavy atom. The first-order valence-electron chi connectivity index (χ1n) is 10.5. The van der Waals surface area contributed by atoms with Crippen LogP contribution < -0.4 is 5.56 Å². The SMILES string of the molecule is CCCCCn1nc(C(=O)N(CC(=O)OC)Cc2ccc(Cl)cc2)c2ccccc2c1=O. The smallest absolute Gasteiger partial charge is 0.325 e. The molecule has 8 heteroatoms. The number of hydrogen-bond donors (Lipinski definition) is 0. The molecule has 0 spiro atoms. The van der Waals surface area contributed by atoms with Gasteiger partial charge in [-0.2, -0.15) is 5.10 Å². The predicted molar refractivity (Wildman–Crippen MR) is 124 cm³/mol. The zero-order valence-corrected chi connectivity index (χ0v) is 19.0. The number of carbonyl (C=O) groups is 2. The van der Waals surface area contributed by atoms with Gasteiger partial charge in [0.1, 0.15) is 6.54 Å². The first kappa shape index (κ1) is 23.5. The fourth-order valence-electron chi connectivity index (χ4n) is 3.44. The Labute approximate surface area is 191 Å². The van der Waals surface area contributed by atoms with Gasteiger partial charge < -0.3 is 9.64 Å². The number of aromatic nitrogens is 2. The molecule has 0 saturated carbocycles. The van der Waals surface area contributed by atoms with Crippen LogP contribution in [0.2, 0.25) is 5.02 Å². The molecule has 1 heterocycles. The van der Waals surface area contributed by atoms with Gasteiger partial charge in [-0.15, -0.1) is 0 Å². The fourth-order valence-corrected chi connectivity index (χ4v) is 3.56. The largest absolute Gasteiger partial charge is 0.468 e. The van der Waals surface area contributed by atoms with Crippen molar-refractivity contribution in [3.63, 3.8) is 0 Å². The van der Waals surface area contributed by atoms with Gasteiger partial charge in [0.2, 0.25) is 0 Å². The van der Waals surface area contributed by atoms with E-state index in [9.17, 15) is 14.4 Å². The molecule has 0 fully saturated rings. The lowest BCUT2D eigenvalue weighted by molar-refractivity contribution is -0.141. The summed E-state index contributed by atoms with van der Waals surface area (Å²) in [5.41, 5.74) is 0.701. The van der Waals surface area contributed by atoms with Crippen LogP contribution in [0.1, 0.15) is 42.2 Å². The molecular formula is C24H26ClN3O4. The van der Waals surface area contributed by atoms with E-state index in [1.807, 2.05) is 0 Å². The van der Waals surface area contributed by atoms with Crippen molar-refractivity contribution in [2.45, 2.75) is 39.3 Å². The summed E-state index contributed by atoms with van der Waals surface area (Å²) in [6.45, 7) is 2.41. The van der Waals surface area contributed by atoms with Gasteiger partial charge in [-0.05, 0) is 30.2 Å². The zero-order valence-electron chi connectivity index (χ0n) is 18.2. The van der Waals surface area contributed by atoms with Crippen molar-refractivity contribution in [3.05, 3.63) is 75.2 Å². The Bertz CT molecular complexity index is 1160. The van der Waals surface area contributed by atoms with E-state index in [0.29, 0.717) is 22.3 Å². The number of nitrogens with zero attached hydrogens (tertiary/aromatic N) is 3. The third-order valence-corrected chi connectivity index (χ3v) is 5.42. The Hall–Kier alpha value is -3.19. The number of halogens is 1. The van der Waals surface area contributed by atoms with Crippen LogP contribution in [0.3, 0.4) is 0 Å². The van der Waals surface area contributed by atoms with Gasteiger partial charge in [0.15, 0.2) is 5.69 Å². The number of benzene rings is 2. The molecule has 0 N–H and O–H groups in total. The Balaban J connectivity index is 2.04. The fraction of sp³-hybridized carbons (Fsp3) is 0.333. The minimum atomic E-state index is -0.548. The van der Waals surface area contributed by atoms with E-state index < -0.39 is 11.9 Å². The molecule has 0 bridgehead atoms. The maximum Gasteiger partial charge on any atom is 0.325 e. The number of unbranched alkanes of at least 4 members (excludes halogenated alkanes) is 2. The lowest BCUT2D eigenvalue weighted by atomic mass is 10.1. The molecule has 0 aliphatic rings. The average Bonchev–Trinajstić information content (AvgIpc) is 2.81. The van der Waals surface area contributed by atoms with E-state index in [4.69, 9.17) is 16.3 Å². The van der Waals surface area contributed by atoms with Crippen molar-refractivity contribution in [1.82, 2.24) is 14.7 Å². The van der Waals surface area contributed by atoms with Crippen LogP contribution in [0.25, 0.3) is 10.8 Å². The summed E-state index contributed by atoms with van der Waals surface area (Å²) in [6, 6.07) is 13.9. The van der Waals surface area contributed by atoms with Crippen molar-refractivity contribution >= 4 is 34.2 Å². The number of amides is 1. The van der Waals surface area contributed by atoms with E-state index in [1.54, 1.807) is 48.5 Å². The number of esters is 1. The van der Waals surface area contributed by atoms with Gasteiger partial charge in [0.25, 0.3) is 11.5 Å². The topological polar surface area (TPSA) is 81.5 Å². The first-order valence-corrected chi connectivity index (χ1v) is 10.9. The molecule has 32 heavy (non-hydrogen) atoms. The average molecular weight is 456 g/mol. The van der Waals surface area contributed by atoms with Crippen LogP contribution in [0.5, 0.6) is 0 Å². The number of fused-ring (bicyclic) bond motifs is 1. The van der Waals surface area contributed by atoms with Crippen molar-refractivity contribution in [2.75, 3.05) is 13.7 Å². The molecule has 2 aromatic carbocycles. The van der Waals surface area contributed by atoms with Crippen LogP contribution in [-0.2, 0) is 22.6 Å². The first-order chi connectivity index (χ1) is 15.4. The summed E-state index contributed by atoms with van der Waals surface area (Å²) in [5.74, 6) is -1.00. The zero-order chi connectivity index (χ0) is 23.1. The normalized spacial score (nSPS) is 10.8. The second-order valence-electron chi connectivity index (χ2n) is 7.49. The third kappa shape index (κ3) is 5.53. The number of hydrogen-bond acceptors (Lipinski definition) is 5. The molecule has 3 aromatic rings. The highest BCUT2D eigenvalue weighted by Crippen LogP contribution is 2.18. The third-order valence-electron chi connectivity index (χ3n) is 5.17. The van der Waals surface area contributed by atoms with Gasteiger partial charge in [-0.3, -0.25) is 14.4 Å². The maximum atomic E-state index is 13.6. The highest BCUT2D eigenvalue weighted by Gasteiger charge is 2.24. The van der Waals surface area contributed by atoms with Crippen molar-refractivity contribution in [1.29, 1.82) is 0 Å². The van der Waals surface area contributed by atoms with E-state index in [-0.39, 0.29) is 24.3 Å². The van der Waals surface area contributed by atoms with Crippen LogP contribution in [0.4, 0.5) is 0 Å². The second kappa shape index (κ2) is 10.9. The van der Waals surface area contributed by atoms with Crippen LogP contribution in [0.15, 0.2) is 53.3 Å². The number of methoxy groups -OCH3 is 1. The summed E-state index contributed by atoms with van der Waals surface area (Å²) in [4.78, 5) is 39.9. The van der Waals surface area contributed by atoms with Gasteiger partial charge >= 0.3 is 5.97 Å². The van der Waals surface area contributed by atoms with Crippen molar-refractivity contribution in [2.24, 2.45) is 0 Å². The number of rotatable bonds is 9. The minimum Gasteiger partial charge on any atom is -0.468 e.